The fourth-order valence-electron chi connectivity index (χ4n) is 2.04. The van der Waals surface area contributed by atoms with Crippen LogP contribution in [0, 0.1) is 0 Å². The number of hydrogen-bond donors (Lipinski definition) is 2. The van der Waals surface area contributed by atoms with Gasteiger partial charge in [0, 0.05) is 23.8 Å². The Morgan fingerprint density at radius 2 is 2.29 bits per heavy atom. The van der Waals surface area contributed by atoms with E-state index in [1.54, 1.807) is 23.1 Å². The van der Waals surface area contributed by atoms with Crippen LogP contribution in [0.1, 0.15) is 23.2 Å². The highest BCUT2D eigenvalue weighted by Crippen LogP contribution is 2.21. The molecule has 5 heteroatoms. The maximum Gasteiger partial charge on any atom is 0.256 e. The number of nitrogen functional groups attached to an aromatic ring is 1. The molecule has 4 nitrogen and oxygen atoms in total. The summed E-state index contributed by atoms with van der Waals surface area (Å²) in [5, 5.41) is 10.1. The molecule has 17 heavy (non-hydrogen) atoms. The number of carbonyl (C=O) groups excluding carboxylic acids is 1. The second kappa shape index (κ2) is 4.94. The number of hydrogen-bond acceptors (Lipinski definition) is 3. The molecule has 1 atom stereocenters. The molecule has 0 saturated carbocycles. The van der Waals surface area contributed by atoms with Gasteiger partial charge in [0.05, 0.1) is 11.7 Å². The molecule has 1 amide bonds. The average molecular weight is 255 g/mol. The van der Waals surface area contributed by atoms with Crippen LogP contribution in [0.4, 0.5) is 5.69 Å². The number of piperidine rings is 1. The summed E-state index contributed by atoms with van der Waals surface area (Å²) in [5.74, 6) is -0.141. The van der Waals surface area contributed by atoms with Gasteiger partial charge in [-0.1, -0.05) is 11.6 Å². The number of carbonyl (C=O) groups is 1. The van der Waals surface area contributed by atoms with Crippen molar-refractivity contribution in [2.24, 2.45) is 0 Å². The van der Waals surface area contributed by atoms with Crippen molar-refractivity contribution in [2.75, 3.05) is 18.8 Å². The van der Waals surface area contributed by atoms with E-state index in [4.69, 9.17) is 17.3 Å². The molecule has 0 bridgehead atoms. The topological polar surface area (TPSA) is 66.6 Å². The van der Waals surface area contributed by atoms with E-state index in [2.05, 4.69) is 0 Å². The number of β-amino-alcohol motifs (C(OH)–C–C–N with tert-alkyl or cyclic N) is 1. The van der Waals surface area contributed by atoms with Crippen molar-refractivity contribution in [3.63, 3.8) is 0 Å². The molecular weight excluding hydrogens is 240 g/mol. The SMILES string of the molecule is Nc1cc(Cl)ccc1C(=O)N1CCC[C@H](O)C1. The summed E-state index contributed by atoms with van der Waals surface area (Å²) in [4.78, 5) is 13.8. The molecule has 92 valence electrons. The molecule has 0 radical (unpaired) electrons. The summed E-state index contributed by atoms with van der Waals surface area (Å²) in [6.07, 6.45) is 1.14. The van der Waals surface area contributed by atoms with Crippen molar-refractivity contribution >= 4 is 23.2 Å². The molecule has 2 rings (SSSR count). The minimum atomic E-state index is -0.429. The Labute approximate surface area is 105 Å². The number of aliphatic hydroxyl groups excluding tert-OH is 1. The lowest BCUT2D eigenvalue weighted by Gasteiger charge is -2.30. The first kappa shape index (κ1) is 12.2. The first-order chi connectivity index (χ1) is 8.08. The summed E-state index contributed by atoms with van der Waals surface area (Å²) in [5.41, 5.74) is 6.59. The van der Waals surface area contributed by atoms with Crippen molar-refractivity contribution in [1.82, 2.24) is 4.90 Å². The third kappa shape index (κ3) is 2.70. The maximum absolute atomic E-state index is 12.2. The number of benzene rings is 1. The minimum Gasteiger partial charge on any atom is -0.398 e. The van der Waals surface area contributed by atoms with Gasteiger partial charge in [0.2, 0.25) is 0 Å². The van der Waals surface area contributed by atoms with E-state index in [1.807, 2.05) is 0 Å². The molecule has 1 aliphatic heterocycles. The highest BCUT2D eigenvalue weighted by atomic mass is 35.5. The zero-order valence-corrected chi connectivity index (χ0v) is 10.2. The van der Waals surface area contributed by atoms with E-state index >= 15 is 0 Å². The Kier molecular flexibility index (Phi) is 3.54. The van der Waals surface area contributed by atoms with E-state index < -0.39 is 6.10 Å². The van der Waals surface area contributed by atoms with Gasteiger partial charge < -0.3 is 15.7 Å². The van der Waals surface area contributed by atoms with E-state index in [0.717, 1.165) is 12.8 Å². The normalized spacial score (nSPS) is 20.4. The van der Waals surface area contributed by atoms with E-state index in [-0.39, 0.29) is 5.91 Å². The number of nitrogens with zero attached hydrogens (tertiary/aromatic N) is 1. The molecule has 0 aromatic heterocycles. The van der Waals surface area contributed by atoms with Gasteiger partial charge in [-0.25, -0.2) is 0 Å². The van der Waals surface area contributed by atoms with Crippen LogP contribution in [-0.2, 0) is 0 Å². The molecule has 1 aromatic carbocycles. The zero-order valence-electron chi connectivity index (χ0n) is 9.40. The van der Waals surface area contributed by atoms with Gasteiger partial charge >= 0.3 is 0 Å². The van der Waals surface area contributed by atoms with Gasteiger partial charge in [0.25, 0.3) is 5.91 Å². The summed E-state index contributed by atoms with van der Waals surface area (Å²) < 4.78 is 0. The van der Waals surface area contributed by atoms with Crippen molar-refractivity contribution in [1.29, 1.82) is 0 Å². The molecule has 1 heterocycles. The molecule has 0 spiro atoms. The predicted molar refractivity (Wildman–Crippen MR) is 67.0 cm³/mol. The molecule has 0 unspecified atom stereocenters. The maximum atomic E-state index is 12.2. The number of likely N-dealkylation sites (tertiary alicyclic amines) is 1. The van der Waals surface area contributed by atoms with Crippen LogP contribution in [0.15, 0.2) is 18.2 Å². The number of amides is 1. The second-order valence-corrected chi connectivity index (χ2v) is 4.72. The van der Waals surface area contributed by atoms with Crippen molar-refractivity contribution in [3.05, 3.63) is 28.8 Å². The molecule has 3 N–H and O–H groups in total. The number of rotatable bonds is 1. The van der Waals surface area contributed by atoms with Crippen LogP contribution < -0.4 is 5.73 Å². The molecule has 1 aliphatic rings. The quantitative estimate of drug-likeness (QED) is 0.747. The number of nitrogens with two attached hydrogens (primary N) is 1. The summed E-state index contributed by atoms with van der Waals surface area (Å²) >= 11 is 5.79. The number of anilines is 1. The van der Waals surface area contributed by atoms with Crippen LogP contribution in [0.3, 0.4) is 0 Å². The highest BCUT2D eigenvalue weighted by Gasteiger charge is 2.24. The Hall–Kier alpha value is -1.26. The minimum absolute atomic E-state index is 0.141. The van der Waals surface area contributed by atoms with Crippen molar-refractivity contribution < 1.29 is 9.90 Å². The van der Waals surface area contributed by atoms with Gasteiger partial charge in [0.15, 0.2) is 0 Å². The smallest absolute Gasteiger partial charge is 0.256 e. The lowest BCUT2D eigenvalue weighted by molar-refractivity contribution is 0.0474. The molecular formula is C12H15ClN2O2. The zero-order chi connectivity index (χ0) is 12.4. The van der Waals surface area contributed by atoms with Crippen LogP contribution in [0.2, 0.25) is 5.02 Å². The second-order valence-electron chi connectivity index (χ2n) is 4.28. The number of halogens is 1. The van der Waals surface area contributed by atoms with Gasteiger partial charge in [0.1, 0.15) is 0 Å². The van der Waals surface area contributed by atoms with E-state index in [1.165, 1.54) is 0 Å². The highest BCUT2D eigenvalue weighted by molar-refractivity contribution is 6.31. The fourth-order valence-corrected chi connectivity index (χ4v) is 2.22. The lowest BCUT2D eigenvalue weighted by atomic mass is 10.1. The monoisotopic (exact) mass is 254 g/mol. The van der Waals surface area contributed by atoms with Crippen LogP contribution in [0.5, 0.6) is 0 Å². The van der Waals surface area contributed by atoms with Gasteiger partial charge in [-0.15, -0.1) is 0 Å². The lowest BCUT2D eigenvalue weighted by Crippen LogP contribution is -2.42. The molecule has 0 aliphatic carbocycles. The first-order valence-electron chi connectivity index (χ1n) is 5.60. The predicted octanol–water partition coefficient (Wildman–Crippen LogP) is 1.52. The summed E-state index contributed by atoms with van der Waals surface area (Å²) in [6.45, 7) is 1.04. The van der Waals surface area contributed by atoms with Crippen LogP contribution in [0.25, 0.3) is 0 Å². The van der Waals surface area contributed by atoms with Gasteiger partial charge in [-0.05, 0) is 31.0 Å². The average Bonchev–Trinajstić information content (AvgIpc) is 2.28. The largest absolute Gasteiger partial charge is 0.398 e. The standard InChI is InChI=1S/C12H15ClN2O2/c13-8-3-4-10(11(14)6-8)12(17)15-5-1-2-9(16)7-15/h3-4,6,9,16H,1-2,5,7,14H2/t9-/m0/s1. The Bertz CT molecular complexity index is 437. The summed E-state index contributed by atoms with van der Waals surface area (Å²) in [7, 11) is 0. The third-order valence-electron chi connectivity index (χ3n) is 2.93. The Balaban J connectivity index is 2.18. The Morgan fingerprint density at radius 1 is 1.53 bits per heavy atom. The van der Waals surface area contributed by atoms with E-state index in [0.29, 0.717) is 29.4 Å². The molecule has 1 fully saturated rings. The third-order valence-corrected chi connectivity index (χ3v) is 3.16. The fraction of sp³-hybridized carbons (Fsp3) is 0.417. The Morgan fingerprint density at radius 3 is 2.94 bits per heavy atom. The van der Waals surface area contributed by atoms with Crippen molar-refractivity contribution in [3.8, 4) is 0 Å². The van der Waals surface area contributed by atoms with Crippen LogP contribution in [-0.4, -0.2) is 35.1 Å². The van der Waals surface area contributed by atoms with Gasteiger partial charge in [-0.2, -0.15) is 0 Å². The number of aliphatic hydroxyl groups is 1. The van der Waals surface area contributed by atoms with Crippen molar-refractivity contribution in [2.45, 2.75) is 18.9 Å². The molecule has 1 aromatic rings. The summed E-state index contributed by atoms with van der Waals surface area (Å²) in [6, 6.07) is 4.83. The molecule has 1 saturated heterocycles. The van der Waals surface area contributed by atoms with E-state index in [9.17, 15) is 9.90 Å². The van der Waals surface area contributed by atoms with Crippen LogP contribution >= 0.6 is 11.6 Å². The van der Waals surface area contributed by atoms with Gasteiger partial charge in [-0.3, -0.25) is 4.79 Å². The first-order valence-corrected chi connectivity index (χ1v) is 5.98.